The Kier molecular flexibility index (Phi) is 4.63. The second kappa shape index (κ2) is 6.43. The molecule has 0 saturated carbocycles. The van der Waals surface area contributed by atoms with Gasteiger partial charge in [0.15, 0.2) is 5.66 Å². The van der Waals surface area contributed by atoms with Crippen LogP contribution in [0.5, 0.6) is 0 Å². The van der Waals surface area contributed by atoms with Gasteiger partial charge >= 0.3 is 0 Å². The molecule has 1 aromatic carbocycles. The summed E-state index contributed by atoms with van der Waals surface area (Å²) in [5.41, 5.74) is 0.575. The van der Waals surface area contributed by atoms with Crippen LogP contribution in [0.3, 0.4) is 0 Å². The van der Waals surface area contributed by atoms with Crippen molar-refractivity contribution in [3.8, 4) is 0 Å². The molecule has 1 aromatic rings. The van der Waals surface area contributed by atoms with Crippen LogP contribution < -0.4 is 0 Å². The van der Waals surface area contributed by atoms with Crippen LogP contribution in [0, 0.1) is 0 Å². The van der Waals surface area contributed by atoms with E-state index in [9.17, 15) is 0 Å². The SMILES string of the molecule is CCN(CC)C1(N=Nc2ccccc2)C=CC=CC1. The first kappa shape index (κ1) is 13.7. The van der Waals surface area contributed by atoms with Crippen molar-refractivity contribution in [2.45, 2.75) is 25.9 Å². The maximum atomic E-state index is 4.64. The average Bonchev–Trinajstić information content (AvgIpc) is 2.49. The van der Waals surface area contributed by atoms with Crippen molar-refractivity contribution >= 4 is 5.69 Å². The molecule has 1 aliphatic carbocycles. The molecule has 1 unspecified atom stereocenters. The summed E-state index contributed by atoms with van der Waals surface area (Å²) in [5.74, 6) is 0. The number of nitrogens with zero attached hydrogens (tertiary/aromatic N) is 3. The van der Waals surface area contributed by atoms with Crippen molar-refractivity contribution in [1.29, 1.82) is 0 Å². The van der Waals surface area contributed by atoms with Crippen molar-refractivity contribution in [1.82, 2.24) is 4.90 Å². The normalized spacial score (nSPS) is 22.5. The number of allylic oxidation sites excluding steroid dienone is 2. The Balaban J connectivity index is 2.26. The van der Waals surface area contributed by atoms with E-state index in [4.69, 9.17) is 0 Å². The number of azo groups is 1. The van der Waals surface area contributed by atoms with Gasteiger partial charge in [0.2, 0.25) is 0 Å². The first-order chi connectivity index (χ1) is 9.30. The molecule has 2 rings (SSSR count). The summed E-state index contributed by atoms with van der Waals surface area (Å²) >= 11 is 0. The fraction of sp³-hybridized carbons (Fsp3) is 0.375. The minimum atomic E-state index is -0.325. The van der Waals surface area contributed by atoms with E-state index in [-0.39, 0.29) is 5.66 Å². The van der Waals surface area contributed by atoms with Gasteiger partial charge in [-0.2, -0.15) is 10.2 Å². The van der Waals surface area contributed by atoms with Gasteiger partial charge in [-0.15, -0.1) is 0 Å². The van der Waals surface area contributed by atoms with Gasteiger partial charge in [0, 0.05) is 6.42 Å². The Hall–Kier alpha value is -1.74. The largest absolute Gasteiger partial charge is 0.275 e. The smallest absolute Gasteiger partial charge is 0.156 e. The van der Waals surface area contributed by atoms with E-state index in [0.29, 0.717) is 0 Å². The van der Waals surface area contributed by atoms with Crippen LogP contribution in [0.2, 0.25) is 0 Å². The van der Waals surface area contributed by atoms with E-state index in [1.807, 2.05) is 30.3 Å². The lowest BCUT2D eigenvalue weighted by atomic mass is 10.00. The summed E-state index contributed by atoms with van der Waals surface area (Å²) in [5, 5.41) is 9.06. The molecule has 100 valence electrons. The second-order valence-electron chi connectivity index (χ2n) is 4.58. The van der Waals surface area contributed by atoms with E-state index in [0.717, 1.165) is 25.2 Å². The van der Waals surface area contributed by atoms with Crippen molar-refractivity contribution in [2.75, 3.05) is 13.1 Å². The van der Waals surface area contributed by atoms with Crippen LogP contribution in [0.4, 0.5) is 5.69 Å². The summed E-state index contributed by atoms with van der Waals surface area (Å²) in [6, 6.07) is 9.90. The maximum absolute atomic E-state index is 4.64. The van der Waals surface area contributed by atoms with Gasteiger partial charge in [0.1, 0.15) is 0 Å². The van der Waals surface area contributed by atoms with Crippen LogP contribution >= 0.6 is 0 Å². The molecule has 1 aliphatic rings. The van der Waals surface area contributed by atoms with Gasteiger partial charge in [0.05, 0.1) is 5.69 Å². The third-order valence-corrected chi connectivity index (χ3v) is 3.43. The molecular weight excluding hydrogens is 234 g/mol. The van der Waals surface area contributed by atoms with Crippen molar-refractivity contribution in [3.05, 3.63) is 54.6 Å². The number of likely N-dealkylation sites (N-methyl/N-ethyl adjacent to an activating group) is 1. The Bertz CT molecular complexity index is 472. The molecule has 0 aliphatic heterocycles. The van der Waals surface area contributed by atoms with Gasteiger partial charge in [-0.05, 0) is 31.3 Å². The van der Waals surface area contributed by atoms with Gasteiger partial charge in [-0.3, -0.25) is 4.90 Å². The van der Waals surface area contributed by atoms with E-state index in [2.05, 4.69) is 53.3 Å². The predicted molar refractivity (Wildman–Crippen MR) is 79.5 cm³/mol. The van der Waals surface area contributed by atoms with Crippen LogP contribution in [-0.2, 0) is 0 Å². The summed E-state index contributed by atoms with van der Waals surface area (Å²) in [6.07, 6.45) is 9.31. The number of rotatable bonds is 5. The highest BCUT2D eigenvalue weighted by molar-refractivity contribution is 5.35. The highest BCUT2D eigenvalue weighted by atomic mass is 15.3. The molecule has 3 nitrogen and oxygen atoms in total. The molecule has 3 heteroatoms. The molecule has 0 aromatic heterocycles. The van der Waals surface area contributed by atoms with E-state index in [1.54, 1.807) is 0 Å². The zero-order valence-corrected chi connectivity index (χ0v) is 11.7. The molecule has 0 amide bonds. The summed E-state index contributed by atoms with van der Waals surface area (Å²) in [6.45, 7) is 6.25. The molecule has 19 heavy (non-hydrogen) atoms. The molecule has 0 N–H and O–H groups in total. The fourth-order valence-corrected chi connectivity index (χ4v) is 2.38. The third-order valence-electron chi connectivity index (χ3n) is 3.43. The standard InChI is InChI=1S/C16H21N3/c1-3-19(4-2)16(13-9-6-10-14-16)18-17-15-11-7-5-8-12-15/h5-13H,3-4,14H2,1-2H3. The van der Waals surface area contributed by atoms with E-state index >= 15 is 0 Å². The van der Waals surface area contributed by atoms with Gasteiger partial charge in [-0.25, -0.2) is 0 Å². The van der Waals surface area contributed by atoms with E-state index in [1.165, 1.54) is 0 Å². The predicted octanol–water partition coefficient (Wildman–Crippen LogP) is 4.32. The molecule has 0 bridgehead atoms. The lowest BCUT2D eigenvalue weighted by molar-refractivity contribution is 0.147. The zero-order chi connectivity index (χ0) is 13.6. The first-order valence-corrected chi connectivity index (χ1v) is 6.88. The Morgan fingerprint density at radius 1 is 1.11 bits per heavy atom. The summed E-state index contributed by atoms with van der Waals surface area (Å²) in [4.78, 5) is 2.33. The lowest BCUT2D eigenvalue weighted by Gasteiger charge is -2.36. The van der Waals surface area contributed by atoms with Crippen LogP contribution in [0.15, 0.2) is 64.9 Å². The molecule has 0 saturated heterocycles. The lowest BCUT2D eigenvalue weighted by Crippen LogP contribution is -2.45. The van der Waals surface area contributed by atoms with Gasteiger partial charge in [-0.1, -0.05) is 50.3 Å². The highest BCUT2D eigenvalue weighted by Crippen LogP contribution is 2.29. The minimum Gasteiger partial charge on any atom is -0.275 e. The van der Waals surface area contributed by atoms with E-state index < -0.39 is 0 Å². The molecule has 1 atom stereocenters. The van der Waals surface area contributed by atoms with Crippen LogP contribution in [0.1, 0.15) is 20.3 Å². The Morgan fingerprint density at radius 2 is 1.84 bits per heavy atom. The Labute approximate surface area is 115 Å². The summed E-state index contributed by atoms with van der Waals surface area (Å²) in [7, 11) is 0. The van der Waals surface area contributed by atoms with Crippen molar-refractivity contribution < 1.29 is 0 Å². The number of benzene rings is 1. The second-order valence-corrected chi connectivity index (χ2v) is 4.58. The van der Waals surface area contributed by atoms with Crippen LogP contribution in [-0.4, -0.2) is 23.7 Å². The Morgan fingerprint density at radius 3 is 2.42 bits per heavy atom. The third kappa shape index (κ3) is 3.18. The van der Waals surface area contributed by atoms with Gasteiger partial charge in [0.25, 0.3) is 0 Å². The molecule has 0 fully saturated rings. The van der Waals surface area contributed by atoms with Crippen molar-refractivity contribution in [3.63, 3.8) is 0 Å². The fourth-order valence-electron chi connectivity index (χ4n) is 2.38. The van der Waals surface area contributed by atoms with Gasteiger partial charge < -0.3 is 0 Å². The highest BCUT2D eigenvalue weighted by Gasteiger charge is 2.32. The first-order valence-electron chi connectivity index (χ1n) is 6.88. The monoisotopic (exact) mass is 255 g/mol. The molecular formula is C16H21N3. The number of hydrogen-bond donors (Lipinski definition) is 0. The van der Waals surface area contributed by atoms with Crippen molar-refractivity contribution in [2.24, 2.45) is 10.2 Å². The molecule has 0 spiro atoms. The zero-order valence-electron chi connectivity index (χ0n) is 11.7. The quantitative estimate of drug-likeness (QED) is 0.720. The maximum Gasteiger partial charge on any atom is 0.156 e. The van der Waals surface area contributed by atoms with Crippen LogP contribution in [0.25, 0.3) is 0 Å². The molecule has 0 radical (unpaired) electrons. The summed E-state index contributed by atoms with van der Waals surface area (Å²) < 4.78 is 0. The average molecular weight is 255 g/mol. The molecule has 0 heterocycles. The topological polar surface area (TPSA) is 28.0 Å². The number of hydrogen-bond acceptors (Lipinski definition) is 3. The minimum absolute atomic E-state index is 0.325.